The Labute approximate surface area is 177 Å². The van der Waals surface area contributed by atoms with Crippen molar-refractivity contribution in [2.75, 3.05) is 11.9 Å². The van der Waals surface area contributed by atoms with E-state index in [1.807, 2.05) is 42.5 Å². The number of hydrogen-bond acceptors (Lipinski definition) is 4. The first kappa shape index (κ1) is 18.9. The quantitative estimate of drug-likeness (QED) is 0.378. The van der Waals surface area contributed by atoms with E-state index in [-0.39, 0.29) is 17.4 Å². The molecule has 0 aliphatic heterocycles. The Morgan fingerprint density at radius 3 is 2.48 bits per heavy atom. The fourth-order valence-corrected chi connectivity index (χ4v) is 3.72. The van der Waals surface area contributed by atoms with Crippen LogP contribution in [0.1, 0.15) is 16.1 Å². The van der Waals surface area contributed by atoms with Crippen molar-refractivity contribution >= 4 is 33.5 Å². The molecule has 2 heterocycles. The minimum absolute atomic E-state index is 0.211. The number of pyridine rings is 1. The van der Waals surface area contributed by atoms with E-state index in [1.54, 1.807) is 37.1 Å². The van der Waals surface area contributed by atoms with Gasteiger partial charge in [-0.1, -0.05) is 35.5 Å². The van der Waals surface area contributed by atoms with Gasteiger partial charge in [0, 0.05) is 18.3 Å². The molecule has 0 aliphatic carbocycles. The van der Waals surface area contributed by atoms with E-state index in [4.69, 9.17) is 4.52 Å². The zero-order valence-electron chi connectivity index (χ0n) is 17.0. The maximum absolute atomic E-state index is 13.6. The number of amides is 1. The van der Waals surface area contributed by atoms with E-state index in [2.05, 4.69) is 10.1 Å². The molecule has 0 unspecified atom stereocenters. The van der Waals surface area contributed by atoms with Gasteiger partial charge in [0.25, 0.3) is 11.6 Å². The molecular weight excluding hydrogens is 393 g/mol. The monoisotopic (exact) mass is 411 g/mol. The molecule has 0 radical (unpaired) electrons. The second-order valence-corrected chi connectivity index (χ2v) is 7.41. The summed E-state index contributed by atoms with van der Waals surface area (Å²) in [7, 11) is 1.74. The summed E-state index contributed by atoms with van der Waals surface area (Å²) >= 11 is 0. The number of hydrogen-bond donors (Lipinski definition) is 0. The Hall–Kier alpha value is -4.06. The van der Waals surface area contributed by atoms with Gasteiger partial charge in [-0.15, -0.1) is 0 Å². The molecule has 0 fully saturated rings. The van der Waals surface area contributed by atoms with Crippen LogP contribution in [-0.4, -0.2) is 23.1 Å². The number of rotatable bonds is 3. The summed E-state index contributed by atoms with van der Waals surface area (Å²) in [4.78, 5) is 19.6. The summed E-state index contributed by atoms with van der Waals surface area (Å²) in [5, 5.41) is 6.72. The van der Waals surface area contributed by atoms with Crippen LogP contribution in [0.5, 0.6) is 0 Å². The first-order valence-corrected chi connectivity index (χ1v) is 9.81. The highest BCUT2D eigenvalue weighted by atomic mass is 19.1. The molecule has 1 amide bonds. The summed E-state index contributed by atoms with van der Waals surface area (Å²) in [6.07, 6.45) is 0. The van der Waals surface area contributed by atoms with Crippen molar-refractivity contribution in [1.82, 2.24) is 10.1 Å². The number of fused-ring (bicyclic) bond motifs is 2. The molecule has 0 spiro atoms. The fourth-order valence-electron chi connectivity index (χ4n) is 3.72. The largest absolute Gasteiger partial charge is 0.335 e. The van der Waals surface area contributed by atoms with Gasteiger partial charge in [-0.25, -0.2) is 9.37 Å². The molecule has 3 aromatic carbocycles. The zero-order chi connectivity index (χ0) is 21.5. The van der Waals surface area contributed by atoms with Crippen LogP contribution >= 0.6 is 0 Å². The number of halogens is 1. The number of carbonyl (C=O) groups is 1. The number of carbonyl (C=O) groups excluding carboxylic acids is 1. The van der Waals surface area contributed by atoms with Gasteiger partial charge < -0.3 is 9.42 Å². The van der Waals surface area contributed by atoms with Crippen LogP contribution in [0.4, 0.5) is 10.1 Å². The lowest BCUT2D eigenvalue weighted by molar-refractivity contribution is 0.0994. The minimum atomic E-state index is -0.340. The average Bonchev–Trinajstić information content (AvgIpc) is 3.18. The van der Waals surface area contributed by atoms with Crippen LogP contribution in [0, 0.1) is 12.7 Å². The first-order valence-electron chi connectivity index (χ1n) is 9.81. The molecule has 5 rings (SSSR count). The molecule has 0 N–H and O–H groups in total. The van der Waals surface area contributed by atoms with Crippen LogP contribution in [0.2, 0.25) is 0 Å². The van der Waals surface area contributed by atoms with Crippen LogP contribution in [0.3, 0.4) is 0 Å². The molecule has 0 atom stereocenters. The van der Waals surface area contributed by atoms with E-state index in [9.17, 15) is 9.18 Å². The van der Waals surface area contributed by atoms with Gasteiger partial charge in [0.05, 0.1) is 22.3 Å². The normalized spacial score (nSPS) is 11.2. The van der Waals surface area contributed by atoms with Gasteiger partial charge in [0.15, 0.2) is 0 Å². The number of benzene rings is 3. The number of nitrogens with zero attached hydrogens (tertiary/aromatic N) is 3. The van der Waals surface area contributed by atoms with Gasteiger partial charge in [0.2, 0.25) is 0 Å². The summed E-state index contributed by atoms with van der Waals surface area (Å²) in [6.45, 7) is 1.78. The second-order valence-electron chi connectivity index (χ2n) is 7.41. The highest BCUT2D eigenvalue weighted by Gasteiger charge is 2.22. The summed E-state index contributed by atoms with van der Waals surface area (Å²) in [5.74, 6) is -0.551. The molecule has 31 heavy (non-hydrogen) atoms. The van der Waals surface area contributed by atoms with Crippen molar-refractivity contribution in [3.05, 3.63) is 89.9 Å². The SMILES string of the molecule is Cc1noc2nc(-c3ccc(F)cc3)cc(C(=O)N(C)c3ccc4ccccc4c3)c12. The average molecular weight is 411 g/mol. The Morgan fingerprint density at radius 2 is 1.71 bits per heavy atom. The minimum Gasteiger partial charge on any atom is -0.335 e. The predicted molar refractivity (Wildman–Crippen MR) is 119 cm³/mol. The topological polar surface area (TPSA) is 59.2 Å². The first-order chi connectivity index (χ1) is 15.0. The van der Waals surface area contributed by atoms with Crippen molar-refractivity contribution in [2.24, 2.45) is 0 Å². The molecule has 2 aromatic heterocycles. The zero-order valence-corrected chi connectivity index (χ0v) is 17.0. The molecule has 5 nitrogen and oxygen atoms in total. The predicted octanol–water partition coefficient (Wildman–Crippen LogP) is 5.77. The number of aryl methyl sites for hydroxylation is 1. The molecule has 5 aromatic rings. The Bertz CT molecular complexity index is 1440. The Morgan fingerprint density at radius 1 is 0.968 bits per heavy atom. The molecule has 152 valence electrons. The van der Waals surface area contributed by atoms with Crippen molar-refractivity contribution in [1.29, 1.82) is 0 Å². The highest BCUT2D eigenvalue weighted by Crippen LogP contribution is 2.30. The van der Waals surface area contributed by atoms with Crippen LogP contribution in [0.15, 0.2) is 77.3 Å². The van der Waals surface area contributed by atoms with Crippen molar-refractivity contribution in [2.45, 2.75) is 6.92 Å². The third-order valence-corrected chi connectivity index (χ3v) is 5.41. The van der Waals surface area contributed by atoms with Crippen molar-refractivity contribution in [3.63, 3.8) is 0 Å². The summed E-state index contributed by atoms with van der Waals surface area (Å²) < 4.78 is 18.7. The molecular formula is C25H18FN3O2. The standard InChI is InChI=1S/C25H18FN3O2/c1-15-23-21(14-22(27-24(23)31-28-15)17-7-10-19(26)11-8-17)25(30)29(2)20-12-9-16-5-3-4-6-18(16)13-20/h3-14H,1-2H3. The molecule has 0 aliphatic rings. The lowest BCUT2D eigenvalue weighted by Gasteiger charge is -2.19. The van der Waals surface area contributed by atoms with Crippen molar-refractivity contribution in [3.8, 4) is 11.3 Å². The summed E-state index contributed by atoms with van der Waals surface area (Å²) in [5.41, 5.74) is 3.25. The fraction of sp³-hybridized carbons (Fsp3) is 0.0800. The molecule has 0 bridgehead atoms. The van der Waals surface area contributed by atoms with Gasteiger partial charge in [0.1, 0.15) is 5.82 Å². The Balaban J connectivity index is 1.62. The van der Waals surface area contributed by atoms with Crippen LogP contribution in [-0.2, 0) is 0 Å². The van der Waals surface area contributed by atoms with E-state index >= 15 is 0 Å². The highest BCUT2D eigenvalue weighted by molar-refractivity contribution is 6.14. The van der Waals surface area contributed by atoms with E-state index in [0.29, 0.717) is 27.9 Å². The lowest BCUT2D eigenvalue weighted by atomic mass is 10.0. The Kier molecular flexibility index (Phi) is 4.47. The number of aromatic nitrogens is 2. The van der Waals surface area contributed by atoms with E-state index in [0.717, 1.165) is 16.5 Å². The maximum Gasteiger partial charge on any atom is 0.259 e. The summed E-state index contributed by atoms with van der Waals surface area (Å²) in [6, 6.07) is 21.5. The molecule has 0 saturated heterocycles. The van der Waals surface area contributed by atoms with Crippen LogP contribution < -0.4 is 4.90 Å². The smallest absolute Gasteiger partial charge is 0.259 e. The van der Waals surface area contributed by atoms with Gasteiger partial charge in [-0.05, 0) is 60.2 Å². The maximum atomic E-state index is 13.6. The lowest BCUT2D eigenvalue weighted by Crippen LogP contribution is -2.26. The molecule has 0 saturated carbocycles. The van der Waals surface area contributed by atoms with E-state index in [1.165, 1.54) is 12.1 Å². The van der Waals surface area contributed by atoms with Crippen molar-refractivity contribution < 1.29 is 13.7 Å². The number of anilines is 1. The van der Waals surface area contributed by atoms with Crippen LogP contribution in [0.25, 0.3) is 33.1 Å². The van der Waals surface area contributed by atoms with E-state index < -0.39 is 0 Å². The molecule has 6 heteroatoms. The van der Waals surface area contributed by atoms with Gasteiger partial charge in [-0.2, -0.15) is 0 Å². The second kappa shape index (κ2) is 7.32. The third kappa shape index (κ3) is 3.32. The van der Waals surface area contributed by atoms with Gasteiger partial charge >= 0.3 is 0 Å². The third-order valence-electron chi connectivity index (χ3n) is 5.41. The van der Waals surface area contributed by atoms with Gasteiger partial charge in [-0.3, -0.25) is 4.79 Å².